The second-order valence-electron chi connectivity index (χ2n) is 6.65. The summed E-state index contributed by atoms with van der Waals surface area (Å²) in [6.07, 6.45) is 0. The number of ketones is 1. The van der Waals surface area contributed by atoms with Crippen LogP contribution in [0.1, 0.15) is 22.0 Å². The van der Waals surface area contributed by atoms with Crippen molar-refractivity contribution < 1.29 is 19.4 Å². The predicted octanol–water partition coefficient (Wildman–Crippen LogP) is 4.38. The number of hydrogen-bond acceptors (Lipinski definition) is 5. The Hall–Kier alpha value is -3.38. The average molecular weight is 405 g/mol. The van der Waals surface area contributed by atoms with Gasteiger partial charge in [0.1, 0.15) is 11.5 Å². The summed E-state index contributed by atoms with van der Waals surface area (Å²) in [7, 11) is 1.58. The molecule has 0 bridgehead atoms. The Labute approximate surface area is 172 Å². The van der Waals surface area contributed by atoms with Gasteiger partial charge in [0.25, 0.3) is 11.7 Å². The van der Waals surface area contributed by atoms with E-state index in [0.717, 1.165) is 10.4 Å². The van der Waals surface area contributed by atoms with Gasteiger partial charge in [0.15, 0.2) is 0 Å². The molecule has 0 radical (unpaired) electrons. The summed E-state index contributed by atoms with van der Waals surface area (Å²) in [6.45, 7) is 0.296. The van der Waals surface area contributed by atoms with Crippen LogP contribution in [-0.2, 0) is 16.1 Å². The maximum atomic E-state index is 12.9. The maximum absolute atomic E-state index is 12.9. The number of carbonyl (C=O) groups excluding carboxylic acids is 2. The van der Waals surface area contributed by atoms with Crippen LogP contribution in [0.4, 0.5) is 0 Å². The zero-order valence-electron chi connectivity index (χ0n) is 15.7. The van der Waals surface area contributed by atoms with E-state index < -0.39 is 17.7 Å². The van der Waals surface area contributed by atoms with Gasteiger partial charge in [-0.05, 0) is 29.1 Å². The lowest BCUT2D eigenvalue weighted by Crippen LogP contribution is -2.28. The summed E-state index contributed by atoms with van der Waals surface area (Å²) in [6, 6.07) is 19.2. The molecule has 1 aliphatic heterocycles. The van der Waals surface area contributed by atoms with Gasteiger partial charge in [-0.3, -0.25) is 9.59 Å². The van der Waals surface area contributed by atoms with E-state index in [9.17, 15) is 14.7 Å². The Morgan fingerprint density at radius 2 is 1.76 bits per heavy atom. The Balaban J connectivity index is 1.85. The van der Waals surface area contributed by atoms with Crippen LogP contribution in [0.25, 0.3) is 5.76 Å². The van der Waals surface area contributed by atoms with E-state index >= 15 is 0 Å². The molecule has 2 heterocycles. The van der Waals surface area contributed by atoms with Crippen molar-refractivity contribution in [3.63, 3.8) is 0 Å². The van der Waals surface area contributed by atoms with Gasteiger partial charge in [-0.1, -0.05) is 48.5 Å². The number of hydrogen-bond donors (Lipinski definition) is 1. The number of aliphatic hydroxyl groups is 1. The number of thiophene rings is 1. The van der Waals surface area contributed by atoms with Gasteiger partial charge in [-0.2, -0.15) is 0 Å². The number of rotatable bonds is 5. The van der Waals surface area contributed by atoms with Gasteiger partial charge >= 0.3 is 0 Å². The molecule has 1 saturated heterocycles. The van der Waals surface area contributed by atoms with Crippen molar-refractivity contribution in [2.75, 3.05) is 7.11 Å². The van der Waals surface area contributed by atoms with Crippen molar-refractivity contribution in [2.24, 2.45) is 0 Å². The van der Waals surface area contributed by atoms with Crippen molar-refractivity contribution in [1.82, 2.24) is 4.90 Å². The molecule has 2 aromatic carbocycles. The molecule has 1 aromatic heterocycles. The zero-order valence-corrected chi connectivity index (χ0v) is 16.6. The Morgan fingerprint density at radius 3 is 2.38 bits per heavy atom. The van der Waals surface area contributed by atoms with Gasteiger partial charge in [-0.25, -0.2) is 0 Å². The highest BCUT2D eigenvalue weighted by atomic mass is 32.1. The molecule has 0 spiro atoms. The first-order chi connectivity index (χ1) is 14.1. The number of ether oxygens (including phenoxy) is 1. The van der Waals surface area contributed by atoms with Crippen molar-refractivity contribution in [3.05, 3.63) is 93.7 Å². The van der Waals surface area contributed by atoms with Crippen LogP contribution < -0.4 is 4.74 Å². The number of benzene rings is 2. The highest BCUT2D eigenvalue weighted by Crippen LogP contribution is 2.40. The first kappa shape index (κ1) is 19.0. The van der Waals surface area contributed by atoms with Gasteiger partial charge in [0, 0.05) is 10.4 Å². The molecule has 1 unspecified atom stereocenters. The average Bonchev–Trinajstić information content (AvgIpc) is 3.36. The summed E-state index contributed by atoms with van der Waals surface area (Å²) < 4.78 is 5.22. The molecule has 1 fully saturated rings. The molecule has 1 atom stereocenters. The van der Waals surface area contributed by atoms with Gasteiger partial charge < -0.3 is 14.7 Å². The van der Waals surface area contributed by atoms with Crippen LogP contribution in [0.2, 0.25) is 0 Å². The number of likely N-dealkylation sites (tertiary alicyclic amines) is 1. The zero-order chi connectivity index (χ0) is 20.4. The predicted molar refractivity (Wildman–Crippen MR) is 112 cm³/mol. The highest BCUT2D eigenvalue weighted by molar-refractivity contribution is 7.09. The number of methoxy groups -OCH3 is 1. The van der Waals surface area contributed by atoms with E-state index in [4.69, 9.17) is 4.74 Å². The van der Waals surface area contributed by atoms with Crippen LogP contribution in [0.3, 0.4) is 0 Å². The van der Waals surface area contributed by atoms with Crippen LogP contribution in [0.5, 0.6) is 5.75 Å². The third kappa shape index (κ3) is 3.54. The number of carbonyl (C=O) groups is 2. The maximum Gasteiger partial charge on any atom is 0.295 e. The lowest BCUT2D eigenvalue weighted by molar-refractivity contribution is -0.140. The van der Waals surface area contributed by atoms with Crippen LogP contribution in [0, 0.1) is 0 Å². The molecular formula is C23H19NO4S. The Morgan fingerprint density at radius 1 is 1.03 bits per heavy atom. The minimum absolute atomic E-state index is 0.0999. The lowest BCUT2D eigenvalue weighted by Gasteiger charge is -2.25. The fourth-order valence-electron chi connectivity index (χ4n) is 3.50. The smallest absolute Gasteiger partial charge is 0.295 e. The van der Waals surface area contributed by atoms with Gasteiger partial charge in [0.05, 0.1) is 25.3 Å². The largest absolute Gasteiger partial charge is 0.507 e. The fraction of sp³-hybridized carbons (Fsp3) is 0.130. The summed E-state index contributed by atoms with van der Waals surface area (Å²) >= 11 is 1.52. The van der Waals surface area contributed by atoms with Crippen molar-refractivity contribution in [2.45, 2.75) is 12.6 Å². The molecule has 29 heavy (non-hydrogen) atoms. The quantitative estimate of drug-likeness (QED) is 0.389. The first-order valence-electron chi connectivity index (χ1n) is 9.10. The van der Waals surface area contributed by atoms with E-state index in [1.807, 2.05) is 35.7 Å². The molecule has 5 nitrogen and oxygen atoms in total. The SMILES string of the molecule is COc1ccc(C2/C(=C(\O)c3ccccc3)C(=O)C(=O)N2Cc2cccs2)cc1. The summed E-state index contributed by atoms with van der Waals surface area (Å²) in [5.41, 5.74) is 1.34. The van der Waals surface area contributed by atoms with E-state index in [0.29, 0.717) is 17.9 Å². The van der Waals surface area contributed by atoms with E-state index in [-0.39, 0.29) is 11.3 Å². The van der Waals surface area contributed by atoms with Crippen LogP contribution in [-0.4, -0.2) is 28.8 Å². The Kier molecular flexibility index (Phi) is 5.18. The normalized spacial score (nSPS) is 18.2. The van der Waals surface area contributed by atoms with Crippen molar-refractivity contribution in [1.29, 1.82) is 0 Å². The van der Waals surface area contributed by atoms with E-state index in [2.05, 4.69) is 0 Å². The fourth-order valence-corrected chi connectivity index (χ4v) is 4.20. The molecule has 0 saturated carbocycles. The molecule has 1 aliphatic rings. The standard InChI is InChI=1S/C23H19NO4S/c1-28-17-11-9-15(10-12-17)20-19(21(25)16-6-3-2-4-7-16)22(26)23(27)24(20)14-18-8-5-13-29-18/h2-13,20,25H,14H2,1H3/b21-19+. The van der Waals surface area contributed by atoms with Crippen molar-refractivity contribution >= 4 is 28.8 Å². The summed E-state index contributed by atoms with van der Waals surface area (Å²) in [5, 5.41) is 12.9. The highest BCUT2D eigenvalue weighted by Gasteiger charge is 2.46. The van der Waals surface area contributed by atoms with Gasteiger partial charge in [-0.15, -0.1) is 11.3 Å². The van der Waals surface area contributed by atoms with Crippen molar-refractivity contribution in [3.8, 4) is 5.75 Å². The topological polar surface area (TPSA) is 66.8 Å². The second-order valence-corrected chi connectivity index (χ2v) is 7.68. The molecule has 6 heteroatoms. The Bertz CT molecular complexity index is 1060. The monoisotopic (exact) mass is 405 g/mol. The van der Waals surface area contributed by atoms with E-state index in [1.165, 1.54) is 16.2 Å². The number of amides is 1. The van der Waals surface area contributed by atoms with Gasteiger partial charge in [0.2, 0.25) is 0 Å². The molecular weight excluding hydrogens is 386 g/mol. The minimum atomic E-state index is -0.678. The molecule has 0 aliphatic carbocycles. The third-order valence-electron chi connectivity index (χ3n) is 4.93. The molecule has 4 rings (SSSR count). The second kappa shape index (κ2) is 7.93. The summed E-state index contributed by atoms with van der Waals surface area (Å²) in [4.78, 5) is 28.3. The number of aliphatic hydroxyl groups excluding tert-OH is 1. The van der Waals surface area contributed by atoms with E-state index in [1.54, 1.807) is 43.5 Å². The molecule has 3 aromatic rings. The number of Topliss-reactive ketones (excluding diaryl/α,β-unsaturated/α-hetero) is 1. The van der Waals surface area contributed by atoms with Crippen LogP contribution in [0.15, 0.2) is 77.7 Å². The molecule has 146 valence electrons. The first-order valence-corrected chi connectivity index (χ1v) is 9.98. The third-order valence-corrected chi connectivity index (χ3v) is 5.79. The molecule has 1 amide bonds. The number of nitrogens with zero attached hydrogens (tertiary/aromatic N) is 1. The lowest BCUT2D eigenvalue weighted by atomic mass is 9.95. The summed E-state index contributed by atoms with van der Waals surface area (Å²) in [5.74, 6) is -0.786. The van der Waals surface area contributed by atoms with Crippen LogP contribution >= 0.6 is 11.3 Å². The minimum Gasteiger partial charge on any atom is -0.507 e. The molecule has 1 N–H and O–H groups in total.